The third kappa shape index (κ3) is 3.34. The molecule has 0 aliphatic heterocycles. The Bertz CT molecular complexity index is 573. The third-order valence-electron chi connectivity index (χ3n) is 2.79. The van der Waals surface area contributed by atoms with Gasteiger partial charge in [-0.1, -0.05) is 30.3 Å². The lowest BCUT2D eigenvalue weighted by molar-refractivity contribution is 0.357. The highest BCUT2D eigenvalue weighted by molar-refractivity contribution is 5.36. The van der Waals surface area contributed by atoms with Crippen molar-refractivity contribution < 1.29 is 4.74 Å². The van der Waals surface area contributed by atoms with Crippen molar-refractivity contribution in [3.05, 3.63) is 60.2 Å². The van der Waals surface area contributed by atoms with Crippen molar-refractivity contribution in [3.63, 3.8) is 0 Å². The maximum absolute atomic E-state index is 9.20. The van der Waals surface area contributed by atoms with Gasteiger partial charge in [0.25, 0.3) is 0 Å². The van der Waals surface area contributed by atoms with Crippen LogP contribution in [0.3, 0.4) is 0 Å². The molecule has 2 rings (SSSR count). The molecule has 1 unspecified atom stereocenters. The normalized spacial score (nSPS) is 11.9. The highest BCUT2D eigenvalue weighted by atomic mass is 16.5. The van der Waals surface area contributed by atoms with Crippen LogP contribution in [-0.4, -0.2) is 19.0 Å². The first-order valence-corrected chi connectivity index (χ1v) is 6.09. The Labute approximate surface area is 113 Å². The van der Waals surface area contributed by atoms with Crippen molar-refractivity contribution in [3.8, 4) is 17.6 Å². The van der Waals surface area contributed by atoms with Crippen molar-refractivity contribution in [2.75, 3.05) is 14.1 Å². The number of hydrogen-bond donors (Lipinski definition) is 0. The molecule has 3 nitrogen and oxygen atoms in total. The molecule has 0 fully saturated rings. The van der Waals surface area contributed by atoms with Gasteiger partial charge < -0.3 is 4.74 Å². The van der Waals surface area contributed by atoms with Crippen molar-refractivity contribution in [2.24, 2.45) is 0 Å². The standard InChI is InChI=1S/C16H16N2O/c1-18(2)16(12-17)13-7-6-10-15(11-13)19-14-8-4-3-5-9-14/h3-11,16H,1-2H3. The average molecular weight is 252 g/mol. The van der Waals surface area contributed by atoms with Crippen LogP contribution in [0.15, 0.2) is 54.6 Å². The van der Waals surface area contributed by atoms with Crippen LogP contribution in [0.5, 0.6) is 11.5 Å². The van der Waals surface area contributed by atoms with Crippen LogP contribution < -0.4 is 4.74 Å². The lowest BCUT2D eigenvalue weighted by atomic mass is 10.1. The van der Waals surface area contributed by atoms with Gasteiger partial charge in [-0.05, 0) is 43.9 Å². The Hall–Kier alpha value is -2.31. The Kier molecular flexibility index (Phi) is 4.17. The summed E-state index contributed by atoms with van der Waals surface area (Å²) in [4.78, 5) is 1.88. The van der Waals surface area contributed by atoms with E-state index < -0.39 is 0 Å². The van der Waals surface area contributed by atoms with Crippen LogP contribution in [-0.2, 0) is 0 Å². The van der Waals surface area contributed by atoms with Gasteiger partial charge in [0.05, 0.1) is 6.07 Å². The number of hydrogen-bond acceptors (Lipinski definition) is 3. The minimum absolute atomic E-state index is 0.265. The SMILES string of the molecule is CN(C)C(C#N)c1cccc(Oc2ccccc2)c1. The first-order valence-electron chi connectivity index (χ1n) is 6.09. The lowest BCUT2D eigenvalue weighted by Crippen LogP contribution is -2.18. The maximum atomic E-state index is 9.20. The Morgan fingerprint density at radius 3 is 2.32 bits per heavy atom. The molecule has 1 atom stereocenters. The van der Waals surface area contributed by atoms with Gasteiger partial charge in [0.2, 0.25) is 0 Å². The van der Waals surface area contributed by atoms with Crippen LogP contribution in [0.25, 0.3) is 0 Å². The highest BCUT2D eigenvalue weighted by Crippen LogP contribution is 2.25. The van der Waals surface area contributed by atoms with Crippen LogP contribution in [0.4, 0.5) is 0 Å². The van der Waals surface area contributed by atoms with E-state index in [9.17, 15) is 5.26 Å². The van der Waals surface area contributed by atoms with E-state index in [-0.39, 0.29) is 6.04 Å². The molecule has 0 aliphatic rings. The molecule has 2 aromatic rings. The van der Waals surface area contributed by atoms with Crippen LogP contribution in [0.2, 0.25) is 0 Å². The molecule has 0 heterocycles. The van der Waals surface area contributed by atoms with E-state index in [0.717, 1.165) is 17.1 Å². The van der Waals surface area contributed by atoms with Gasteiger partial charge in [0.1, 0.15) is 17.5 Å². The molecule has 0 aliphatic carbocycles. The van der Waals surface area contributed by atoms with Gasteiger partial charge in [-0.3, -0.25) is 4.90 Å². The summed E-state index contributed by atoms with van der Waals surface area (Å²) >= 11 is 0. The van der Waals surface area contributed by atoms with E-state index in [4.69, 9.17) is 4.74 Å². The van der Waals surface area contributed by atoms with E-state index in [1.54, 1.807) is 0 Å². The number of benzene rings is 2. The second kappa shape index (κ2) is 6.03. The quantitative estimate of drug-likeness (QED) is 0.834. The molecule has 0 N–H and O–H groups in total. The second-order valence-corrected chi connectivity index (χ2v) is 4.48. The minimum atomic E-state index is -0.265. The molecular formula is C16H16N2O. The van der Waals surface area contributed by atoms with Crippen LogP contribution >= 0.6 is 0 Å². The summed E-state index contributed by atoms with van der Waals surface area (Å²) < 4.78 is 5.77. The van der Waals surface area contributed by atoms with Gasteiger partial charge in [0.15, 0.2) is 0 Å². The van der Waals surface area contributed by atoms with Gasteiger partial charge in [0, 0.05) is 0 Å². The topological polar surface area (TPSA) is 36.3 Å². The number of ether oxygens (including phenoxy) is 1. The largest absolute Gasteiger partial charge is 0.457 e. The predicted molar refractivity (Wildman–Crippen MR) is 75.0 cm³/mol. The summed E-state index contributed by atoms with van der Waals surface area (Å²) in [5.41, 5.74) is 0.931. The molecule has 0 spiro atoms. The molecule has 3 heteroatoms. The molecule has 0 aromatic heterocycles. The van der Waals surface area contributed by atoms with Crippen molar-refractivity contribution in [2.45, 2.75) is 6.04 Å². The number of nitrogens with zero attached hydrogens (tertiary/aromatic N) is 2. The van der Waals surface area contributed by atoms with E-state index in [0.29, 0.717) is 0 Å². The minimum Gasteiger partial charge on any atom is -0.457 e. The molecule has 0 bridgehead atoms. The summed E-state index contributed by atoms with van der Waals surface area (Å²) in [6, 6.07) is 19.3. The summed E-state index contributed by atoms with van der Waals surface area (Å²) in [5, 5.41) is 9.20. The zero-order chi connectivity index (χ0) is 13.7. The van der Waals surface area contributed by atoms with Gasteiger partial charge in [-0.2, -0.15) is 5.26 Å². The van der Waals surface area contributed by atoms with Crippen LogP contribution in [0.1, 0.15) is 11.6 Å². The molecule has 19 heavy (non-hydrogen) atoms. The van der Waals surface area contributed by atoms with Gasteiger partial charge in [-0.15, -0.1) is 0 Å². The van der Waals surface area contributed by atoms with Crippen molar-refractivity contribution in [1.29, 1.82) is 5.26 Å². The fourth-order valence-electron chi connectivity index (χ4n) is 1.86. The summed E-state index contributed by atoms with van der Waals surface area (Å²) in [6.07, 6.45) is 0. The Morgan fingerprint density at radius 2 is 1.68 bits per heavy atom. The van der Waals surface area contributed by atoms with Gasteiger partial charge >= 0.3 is 0 Å². The fourth-order valence-corrected chi connectivity index (χ4v) is 1.86. The van der Waals surface area contributed by atoms with E-state index in [1.807, 2.05) is 73.6 Å². The molecule has 96 valence electrons. The zero-order valence-corrected chi connectivity index (χ0v) is 11.1. The fraction of sp³-hybridized carbons (Fsp3) is 0.188. The van der Waals surface area contributed by atoms with Gasteiger partial charge in [-0.25, -0.2) is 0 Å². The number of rotatable bonds is 4. The monoisotopic (exact) mass is 252 g/mol. The molecule has 2 aromatic carbocycles. The second-order valence-electron chi connectivity index (χ2n) is 4.48. The average Bonchev–Trinajstić information content (AvgIpc) is 2.41. The summed E-state index contributed by atoms with van der Waals surface area (Å²) in [5.74, 6) is 1.53. The first-order chi connectivity index (χ1) is 9.20. The summed E-state index contributed by atoms with van der Waals surface area (Å²) in [7, 11) is 3.78. The van der Waals surface area contributed by atoms with E-state index in [2.05, 4.69) is 6.07 Å². The molecule has 0 saturated heterocycles. The molecule has 0 radical (unpaired) electrons. The predicted octanol–water partition coefficient (Wildman–Crippen LogP) is 3.61. The third-order valence-corrected chi connectivity index (χ3v) is 2.79. The van der Waals surface area contributed by atoms with Crippen molar-refractivity contribution >= 4 is 0 Å². The number of para-hydroxylation sites is 1. The highest BCUT2D eigenvalue weighted by Gasteiger charge is 2.13. The molecule has 0 amide bonds. The molecular weight excluding hydrogens is 236 g/mol. The summed E-state index contributed by atoms with van der Waals surface area (Å²) in [6.45, 7) is 0. The lowest BCUT2D eigenvalue weighted by Gasteiger charge is -2.18. The number of nitriles is 1. The molecule has 0 saturated carbocycles. The zero-order valence-electron chi connectivity index (χ0n) is 11.1. The van der Waals surface area contributed by atoms with E-state index in [1.165, 1.54) is 0 Å². The first kappa shape index (κ1) is 13.1. The maximum Gasteiger partial charge on any atom is 0.127 e. The van der Waals surface area contributed by atoms with Crippen molar-refractivity contribution in [1.82, 2.24) is 4.90 Å². The Morgan fingerprint density at radius 1 is 1.00 bits per heavy atom. The Balaban J connectivity index is 2.23. The van der Waals surface area contributed by atoms with E-state index >= 15 is 0 Å². The smallest absolute Gasteiger partial charge is 0.127 e. The van der Waals surface area contributed by atoms with Crippen LogP contribution in [0, 0.1) is 11.3 Å².